The molecule has 0 bridgehead atoms. The Labute approximate surface area is 90.2 Å². The summed E-state index contributed by atoms with van der Waals surface area (Å²) in [5.41, 5.74) is 3.24. The fourth-order valence-corrected chi connectivity index (χ4v) is 1.88. The minimum atomic E-state index is -0.581. The SMILES string of the molecule is O=C(NO)c1nc(-c2ccccc2)cs1. The van der Waals surface area contributed by atoms with Gasteiger partial charge in [-0.3, -0.25) is 10.0 Å². The first-order chi connectivity index (χ1) is 7.31. The van der Waals surface area contributed by atoms with Crippen molar-refractivity contribution in [3.8, 4) is 11.3 Å². The lowest BCUT2D eigenvalue weighted by molar-refractivity contribution is 0.0706. The molecule has 4 nitrogen and oxygen atoms in total. The Morgan fingerprint density at radius 2 is 2.07 bits per heavy atom. The molecule has 0 aliphatic heterocycles. The Balaban J connectivity index is 2.32. The van der Waals surface area contributed by atoms with Gasteiger partial charge in [0.15, 0.2) is 5.01 Å². The summed E-state index contributed by atoms with van der Waals surface area (Å²) in [5.74, 6) is -0.581. The Morgan fingerprint density at radius 1 is 1.33 bits per heavy atom. The minimum Gasteiger partial charge on any atom is -0.288 e. The van der Waals surface area contributed by atoms with E-state index in [1.807, 2.05) is 30.3 Å². The third kappa shape index (κ3) is 2.03. The lowest BCUT2D eigenvalue weighted by Gasteiger charge is -1.94. The van der Waals surface area contributed by atoms with E-state index in [2.05, 4.69) is 4.98 Å². The summed E-state index contributed by atoms with van der Waals surface area (Å²) >= 11 is 1.19. The summed E-state index contributed by atoms with van der Waals surface area (Å²) < 4.78 is 0. The molecule has 0 unspecified atom stereocenters. The first kappa shape index (κ1) is 9.82. The van der Waals surface area contributed by atoms with Crippen molar-refractivity contribution in [3.63, 3.8) is 0 Å². The molecule has 1 amide bonds. The maximum absolute atomic E-state index is 11.0. The summed E-state index contributed by atoms with van der Waals surface area (Å²) in [6.45, 7) is 0. The summed E-state index contributed by atoms with van der Waals surface area (Å²) in [7, 11) is 0. The second-order valence-electron chi connectivity index (χ2n) is 2.84. The first-order valence-electron chi connectivity index (χ1n) is 4.26. The molecular formula is C10H8N2O2S. The molecule has 2 rings (SSSR count). The quantitative estimate of drug-likeness (QED) is 0.600. The van der Waals surface area contributed by atoms with Crippen molar-refractivity contribution in [1.82, 2.24) is 10.5 Å². The Bertz CT molecular complexity index is 467. The van der Waals surface area contributed by atoms with Crippen LogP contribution in [0.15, 0.2) is 35.7 Å². The van der Waals surface area contributed by atoms with E-state index < -0.39 is 5.91 Å². The number of nitrogens with one attached hydrogen (secondary N) is 1. The Morgan fingerprint density at radius 3 is 2.73 bits per heavy atom. The van der Waals surface area contributed by atoms with Crippen LogP contribution in [0.1, 0.15) is 9.80 Å². The highest BCUT2D eigenvalue weighted by Crippen LogP contribution is 2.21. The molecule has 1 heterocycles. The maximum Gasteiger partial charge on any atom is 0.303 e. The monoisotopic (exact) mass is 220 g/mol. The number of thiazole rings is 1. The van der Waals surface area contributed by atoms with Gasteiger partial charge in [0.2, 0.25) is 0 Å². The summed E-state index contributed by atoms with van der Waals surface area (Å²) in [4.78, 5) is 15.1. The number of hydroxylamine groups is 1. The second-order valence-corrected chi connectivity index (χ2v) is 3.70. The van der Waals surface area contributed by atoms with E-state index in [-0.39, 0.29) is 5.01 Å². The van der Waals surface area contributed by atoms with Crippen molar-refractivity contribution in [2.24, 2.45) is 0 Å². The van der Waals surface area contributed by atoms with Gasteiger partial charge in [0.1, 0.15) is 0 Å². The number of hydrogen-bond donors (Lipinski definition) is 2. The van der Waals surface area contributed by atoms with Gasteiger partial charge in [-0.05, 0) is 0 Å². The zero-order valence-corrected chi connectivity index (χ0v) is 8.49. The van der Waals surface area contributed by atoms with Gasteiger partial charge in [-0.15, -0.1) is 11.3 Å². The molecule has 0 aliphatic carbocycles. The normalized spacial score (nSPS) is 9.93. The van der Waals surface area contributed by atoms with Crippen molar-refractivity contribution >= 4 is 17.2 Å². The Kier molecular flexibility index (Phi) is 2.75. The molecule has 0 aliphatic rings. The number of carbonyl (C=O) groups is 1. The van der Waals surface area contributed by atoms with Crippen LogP contribution < -0.4 is 5.48 Å². The lowest BCUT2D eigenvalue weighted by atomic mass is 10.2. The molecule has 0 saturated heterocycles. The standard InChI is InChI=1S/C10H8N2O2S/c13-9(12-14)10-11-8(6-15-10)7-4-2-1-3-5-7/h1-6,14H,(H,12,13). The van der Waals surface area contributed by atoms with E-state index in [0.717, 1.165) is 11.3 Å². The largest absolute Gasteiger partial charge is 0.303 e. The predicted molar refractivity (Wildman–Crippen MR) is 56.8 cm³/mol. The zero-order valence-electron chi connectivity index (χ0n) is 7.68. The topological polar surface area (TPSA) is 62.2 Å². The molecule has 0 spiro atoms. The lowest BCUT2D eigenvalue weighted by Crippen LogP contribution is -2.18. The van der Waals surface area contributed by atoms with Crippen LogP contribution in [-0.4, -0.2) is 16.1 Å². The van der Waals surface area contributed by atoms with Gasteiger partial charge in [0.25, 0.3) is 0 Å². The number of carbonyl (C=O) groups excluding carboxylic acids is 1. The van der Waals surface area contributed by atoms with Crippen molar-refractivity contribution in [2.75, 3.05) is 0 Å². The van der Waals surface area contributed by atoms with Gasteiger partial charge in [0, 0.05) is 10.9 Å². The minimum absolute atomic E-state index is 0.247. The molecule has 0 radical (unpaired) electrons. The second kappa shape index (κ2) is 4.20. The van der Waals surface area contributed by atoms with Crippen LogP contribution in [0, 0.1) is 0 Å². The average Bonchev–Trinajstić information content (AvgIpc) is 2.78. The van der Waals surface area contributed by atoms with E-state index in [1.165, 1.54) is 11.3 Å². The summed E-state index contributed by atoms with van der Waals surface area (Å²) in [6.07, 6.45) is 0. The summed E-state index contributed by atoms with van der Waals surface area (Å²) in [6, 6.07) is 9.55. The highest BCUT2D eigenvalue weighted by molar-refractivity contribution is 7.12. The number of rotatable bonds is 2. The molecule has 76 valence electrons. The molecule has 0 fully saturated rings. The maximum atomic E-state index is 11.0. The number of nitrogens with zero attached hydrogens (tertiary/aromatic N) is 1. The van der Waals surface area contributed by atoms with Crippen LogP contribution in [0.2, 0.25) is 0 Å². The molecule has 2 aromatic rings. The van der Waals surface area contributed by atoms with Crippen LogP contribution >= 0.6 is 11.3 Å². The number of benzene rings is 1. The van der Waals surface area contributed by atoms with Gasteiger partial charge in [-0.1, -0.05) is 30.3 Å². The smallest absolute Gasteiger partial charge is 0.288 e. The molecule has 0 atom stereocenters. The fraction of sp³-hybridized carbons (Fsp3) is 0. The van der Waals surface area contributed by atoms with Crippen molar-refractivity contribution in [1.29, 1.82) is 0 Å². The van der Waals surface area contributed by atoms with Crippen molar-refractivity contribution in [3.05, 3.63) is 40.7 Å². The highest BCUT2D eigenvalue weighted by Gasteiger charge is 2.10. The van der Waals surface area contributed by atoms with Gasteiger partial charge in [-0.2, -0.15) is 0 Å². The van der Waals surface area contributed by atoms with Gasteiger partial charge < -0.3 is 0 Å². The molecule has 5 heteroatoms. The number of hydrogen-bond acceptors (Lipinski definition) is 4. The van der Waals surface area contributed by atoms with Gasteiger partial charge in [0.05, 0.1) is 5.69 Å². The highest BCUT2D eigenvalue weighted by atomic mass is 32.1. The molecule has 1 aromatic carbocycles. The van der Waals surface area contributed by atoms with E-state index >= 15 is 0 Å². The number of aromatic nitrogens is 1. The molecule has 0 saturated carbocycles. The van der Waals surface area contributed by atoms with E-state index in [9.17, 15) is 4.79 Å². The molecular weight excluding hydrogens is 212 g/mol. The van der Waals surface area contributed by atoms with Crippen LogP contribution in [0.25, 0.3) is 11.3 Å². The molecule has 1 aromatic heterocycles. The van der Waals surface area contributed by atoms with Crippen LogP contribution in [0.3, 0.4) is 0 Å². The van der Waals surface area contributed by atoms with Crippen LogP contribution in [0.4, 0.5) is 0 Å². The Hall–Kier alpha value is -1.72. The molecule has 2 N–H and O–H groups in total. The molecule has 15 heavy (non-hydrogen) atoms. The van der Waals surface area contributed by atoms with Crippen LogP contribution in [-0.2, 0) is 0 Å². The zero-order chi connectivity index (χ0) is 10.7. The van der Waals surface area contributed by atoms with Gasteiger partial charge >= 0.3 is 5.91 Å². The fourth-order valence-electron chi connectivity index (χ4n) is 1.17. The summed E-state index contributed by atoms with van der Waals surface area (Å²) in [5, 5.41) is 10.5. The first-order valence-corrected chi connectivity index (χ1v) is 5.14. The third-order valence-corrected chi connectivity index (χ3v) is 2.71. The van der Waals surface area contributed by atoms with Crippen LogP contribution in [0.5, 0.6) is 0 Å². The van der Waals surface area contributed by atoms with Crippen molar-refractivity contribution in [2.45, 2.75) is 0 Å². The predicted octanol–water partition coefficient (Wildman–Crippen LogP) is 1.93. The average molecular weight is 220 g/mol. The van der Waals surface area contributed by atoms with Crippen molar-refractivity contribution < 1.29 is 10.0 Å². The van der Waals surface area contributed by atoms with E-state index in [4.69, 9.17) is 5.21 Å². The van der Waals surface area contributed by atoms with E-state index in [0.29, 0.717) is 0 Å². The van der Waals surface area contributed by atoms with Gasteiger partial charge in [-0.25, -0.2) is 10.5 Å². The number of amides is 1. The van der Waals surface area contributed by atoms with E-state index in [1.54, 1.807) is 10.9 Å². The third-order valence-electron chi connectivity index (χ3n) is 1.87.